The Hall–Kier alpha value is -2.13. The summed E-state index contributed by atoms with van der Waals surface area (Å²) in [5, 5.41) is 9.82. The van der Waals surface area contributed by atoms with Crippen LogP contribution >= 0.6 is 0 Å². The molecule has 2 aliphatic rings. The molecule has 1 aliphatic carbocycles. The minimum atomic E-state index is -3.85. The topological polar surface area (TPSA) is 79.3 Å². The van der Waals surface area contributed by atoms with Crippen molar-refractivity contribution in [1.29, 1.82) is 0 Å². The minimum Gasteiger partial charge on any atom is -0.497 e. The molecule has 4 rings (SSSR count). The molecule has 0 unspecified atom stereocenters. The van der Waals surface area contributed by atoms with E-state index in [-0.39, 0.29) is 23.5 Å². The first-order valence-electron chi connectivity index (χ1n) is 12.0. The molecule has 1 aliphatic heterocycles. The van der Waals surface area contributed by atoms with E-state index in [2.05, 4.69) is 11.9 Å². The number of methoxy groups -OCH3 is 1. The van der Waals surface area contributed by atoms with Crippen molar-refractivity contribution < 1.29 is 23.0 Å². The van der Waals surface area contributed by atoms with Crippen LogP contribution in [0, 0.1) is 11.8 Å². The van der Waals surface area contributed by atoms with E-state index in [0.29, 0.717) is 18.8 Å². The van der Waals surface area contributed by atoms with Crippen LogP contribution in [0.1, 0.15) is 26.7 Å². The van der Waals surface area contributed by atoms with E-state index in [1.165, 1.54) is 17.1 Å². The standard InChI is InChI=1S/C26H36N2O5S/c1-18-14-28(19(2)17-29)34(30,31)26-11-10-22(21-6-5-7-23(12-21)32-4)13-24(26)33-25(18)16-27(3)15-20-8-9-20/h5-7,10-13,18-20,25,29H,8-9,14-17H2,1-4H3/t18-,19-,25-/m1/s1. The summed E-state index contributed by atoms with van der Waals surface area (Å²) in [4.78, 5) is 2.43. The van der Waals surface area contributed by atoms with Crippen molar-refractivity contribution >= 4 is 10.0 Å². The maximum absolute atomic E-state index is 13.7. The predicted molar refractivity (Wildman–Crippen MR) is 133 cm³/mol. The van der Waals surface area contributed by atoms with Crippen molar-refractivity contribution in [3.63, 3.8) is 0 Å². The quantitative estimate of drug-likeness (QED) is 0.613. The van der Waals surface area contributed by atoms with Crippen molar-refractivity contribution in [2.45, 2.75) is 43.7 Å². The molecule has 1 heterocycles. The Balaban J connectivity index is 1.75. The molecule has 0 saturated heterocycles. The molecule has 0 spiro atoms. The Morgan fingerprint density at radius 1 is 1.18 bits per heavy atom. The molecule has 8 heteroatoms. The number of hydrogen-bond donors (Lipinski definition) is 1. The second-order valence-electron chi connectivity index (χ2n) is 9.80. The molecule has 3 atom stereocenters. The molecular formula is C26H36N2O5S. The van der Waals surface area contributed by atoms with E-state index in [1.807, 2.05) is 37.3 Å². The third-order valence-electron chi connectivity index (χ3n) is 6.83. The molecule has 1 N–H and O–H groups in total. The van der Waals surface area contributed by atoms with Crippen LogP contribution in [-0.4, -0.2) is 75.3 Å². The number of sulfonamides is 1. The molecular weight excluding hydrogens is 452 g/mol. The van der Waals surface area contributed by atoms with E-state index in [1.54, 1.807) is 26.2 Å². The van der Waals surface area contributed by atoms with Gasteiger partial charge in [-0.2, -0.15) is 4.31 Å². The van der Waals surface area contributed by atoms with Gasteiger partial charge in [0.25, 0.3) is 0 Å². The van der Waals surface area contributed by atoms with Gasteiger partial charge in [0.15, 0.2) is 0 Å². The average Bonchev–Trinajstić information content (AvgIpc) is 3.64. The zero-order chi connectivity index (χ0) is 24.5. The summed E-state index contributed by atoms with van der Waals surface area (Å²) in [6.07, 6.45) is 2.36. The number of rotatable bonds is 8. The fourth-order valence-electron chi connectivity index (χ4n) is 4.55. The van der Waals surface area contributed by atoms with Gasteiger partial charge < -0.3 is 19.5 Å². The summed E-state index contributed by atoms with van der Waals surface area (Å²) in [5.41, 5.74) is 1.77. The lowest BCUT2D eigenvalue weighted by molar-refractivity contribution is 0.0741. The molecule has 186 valence electrons. The fourth-order valence-corrected chi connectivity index (χ4v) is 6.37. The zero-order valence-electron chi connectivity index (χ0n) is 20.5. The van der Waals surface area contributed by atoms with E-state index in [4.69, 9.17) is 9.47 Å². The van der Waals surface area contributed by atoms with Crippen molar-refractivity contribution in [2.24, 2.45) is 11.8 Å². The Morgan fingerprint density at radius 3 is 2.59 bits per heavy atom. The van der Waals surface area contributed by atoms with Crippen molar-refractivity contribution in [2.75, 3.05) is 40.4 Å². The van der Waals surface area contributed by atoms with Crippen molar-refractivity contribution in [3.8, 4) is 22.6 Å². The van der Waals surface area contributed by atoms with E-state index < -0.39 is 16.1 Å². The first-order chi connectivity index (χ1) is 16.2. The summed E-state index contributed by atoms with van der Waals surface area (Å²) < 4.78 is 40.6. The van der Waals surface area contributed by atoms with Crippen LogP contribution in [0.5, 0.6) is 11.5 Å². The SMILES string of the molecule is COc1cccc(-c2ccc3c(c2)O[C@H](CN(C)CC2CC2)[C@H](C)CN([C@H](C)CO)S3(=O)=O)c1. The number of fused-ring (bicyclic) bond motifs is 1. The third-order valence-corrected chi connectivity index (χ3v) is 8.85. The molecule has 7 nitrogen and oxygen atoms in total. The normalized spacial score (nSPS) is 23.5. The first-order valence-corrected chi connectivity index (χ1v) is 13.4. The van der Waals surface area contributed by atoms with Gasteiger partial charge in [0.1, 0.15) is 22.5 Å². The molecule has 0 amide bonds. The highest BCUT2D eigenvalue weighted by Crippen LogP contribution is 2.37. The summed E-state index contributed by atoms with van der Waals surface area (Å²) in [5.74, 6) is 1.78. The second kappa shape index (κ2) is 10.2. The summed E-state index contributed by atoms with van der Waals surface area (Å²) >= 11 is 0. The maximum atomic E-state index is 13.7. The summed E-state index contributed by atoms with van der Waals surface area (Å²) in [6, 6.07) is 12.4. The van der Waals surface area contributed by atoms with Gasteiger partial charge in [-0.15, -0.1) is 0 Å². The van der Waals surface area contributed by atoms with Crippen LogP contribution in [-0.2, 0) is 10.0 Å². The number of hydrogen-bond acceptors (Lipinski definition) is 6. The Kier molecular flexibility index (Phi) is 7.52. The van der Waals surface area contributed by atoms with Gasteiger partial charge in [-0.05, 0) is 68.1 Å². The lowest BCUT2D eigenvalue weighted by Gasteiger charge is -2.37. The van der Waals surface area contributed by atoms with Crippen LogP contribution in [0.15, 0.2) is 47.4 Å². The van der Waals surface area contributed by atoms with Gasteiger partial charge in [0.05, 0.1) is 13.7 Å². The summed E-state index contributed by atoms with van der Waals surface area (Å²) in [7, 11) is -0.125. The van der Waals surface area contributed by atoms with Crippen LogP contribution in [0.2, 0.25) is 0 Å². The molecule has 0 bridgehead atoms. The van der Waals surface area contributed by atoms with Crippen molar-refractivity contribution in [3.05, 3.63) is 42.5 Å². The number of aliphatic hydroxyl groups excluding tert-OH is 1. The molecule has 0 aromatic heterocycles. The molecule has 2 aromatic rings. The minimum absolute atomic E-state index is 0.0564. The number of benzene rings is 2. The lowest BCUT2D eigenvalue weighted by Crippen LogP contribution is -2.49. The van der Waals surface area contributed by atoms with Crippen molar-refractivity contribution in [1.82, 2.24) is 9.21 Å². The van der Waals surface area contributed by atoms with Gasteiger partial charge in [-0.1, -0.05) is 25.1 Å². The highest BCUT2D eigenvalue weighted by Gasteiger charge is 2.38. The lowest BCUT2D eigenvalue weighted by atomic mass is 10.0. The fraction of sp³-hybridized carbons (Fsp3) is 0.538. The van der Waals surface area contributed by atoms with E-state index in [9.17, 15) is 13.5 Å². The third kappa shape index (κ3) is 5.40. The zero-order valence-corrected chi connectivity index (χ0v) is 21.3. The van der Waals surface area contributed by atoms with Gasteiger partial charge in [-0.3, -0.25) is 0 Å². The van der Waals surface area contributed by atoms with Gasteiger partial charge >= 0.3 is 0 Å². The van der Waals surface area contributed by atoms with Crippen LogP contribution in [0.4, 0.5) is 0 Å². The molecule has 1 saturated carbocycles. The molecule has 2 aromatic carbocycles. The first kappa shape index (κ1) is 25.0. The largest absolute Gasteiger partial charge is 0.497 e. The van der Waals surface area contributed by atoms with Gasteiger partial charge in [-0.25, -0.2) is 8.42 Å². The van der Waals surface area contributed by atoms with Crippen LogP contribution < -0.4 is 9.47 Å². The van der Waals surface area contributed by atoms with Gasteiger partial charge in [0.2, 0.25) is 10.0 Å². The Morgan fingerprint density at radius 2 is 1.91 bits per heavy atom. The number of likely N-dealkylation sites (N-methyl/N-ethyl adjacent to an activating group) is 1. The highest BCUT2D eigenvalue weighted by atomic mass is 32.2. The molecule has 0 radical (unpaired) electrons. The van der Waals surface area contributed by atoms with E-state index >= 15 is 0 Å². The molecule has 1 fully saturated rings. The monoisotopic (exact) mass is 488 g/mol. The average molecular weight is 489 g/mol. The number of aliphatic hydroxyl groups is 1. The van der Waals surface area contributed by atoms with E-state index in [0.717, 1.165) is 29.3 Å². The second-order valence-corrected chi connectivity index (χ2v) is 11.7. The Labute approximate surface area is 203 Å². The number of nitrogens with zero attached hydrogens (tertiary/aromatic N) is 2. The number of ether oxygens (including phenoxy) is 2. The Bertz CT molecular complexity index is 1100. The smallest absolute Gasteiger partial charge is 0.247 e. The van der Waals surface area contributed by atoms with Crippen LogP contribution in [0.3, 0.4) is 0 Å². The molecule has 34 heavy (non-hydrogen) atoms. The summed E-state index contributed by atoms with van der Waals surface area (Å²) in [6.45, 7) is 5.56. The maximum Gasteiger partial charge on any atom is 0.247 e. The van der Waals surface area contributed by atoms with Crippen LogP contribution in [0.25, 0.3) is 11.1 Å². The predicted octanol–water partition coefficient (Wildman–Crippen LogP) is 3.47. The van der Waals surface area contributed by atoms with Gasteiger partial charge in [0, 0.05) is 31.6 Å². The highest BCUT2D eigenvalue weighted by molar-refractivity contribution is 7.89.